The molecular formula is C16H28O4. The highest BCUT2D eigenvalue weighted by atomic mass is 16.4. The fourth-order valence-electron chi connectivity index (χ4n) is 2.31. The van der Waals surface area contributed by atoms with E-state index in [2.05, 4.69) is 6.92 Å². The lowest BCUT2D eigenvalue weighted by Gasteiger charge is -2.16. The summed E-state index contributed by atoms with van der Waals surface area (Å²) in [6, 6.07) is 0. The maximum Gasteiger partial charge on any atom is 0.332 e. The van der Waals surface area contributed by atoms with Crippen molar-refractivity contribution in [2.75, 3.05) is 0 Å². The molecule has 2 N–H and O–H groups in total. The zero-order chi connectivity index (χ0) is 15.5. The Kier molecular flexibility index (Phi) is 9.77. The SMILES string of the molecule is CCCCC(C(=O)O)=C(CC(CC)CCCC)C(=O)O. The average Bonchev–Trinajstić information content (AvgIpc) is 2.40. The van der Waals surface area contributed by atoms with Gasteiger partial charge in [-0.15, -0.1) is 0 Å². The van der Waals surface area contributed by atoms with Gasteiger partial charge in [-0.2, -0.15) is 0 Å². The number of carbonyl (C=O) groups is 2. The number of hydrogen-bond acceptors (Lipinski definition) is 2. The van der Waals surface area contributed by atoms with Gasteiger partial charge in [-0.3, -0.25) is 0 Å². The number of rotatable bonds is 11. The third kappa shape index (κ3) is 6.73. The van der Waals surface area contributed by atoms with Gasteiger partial charge in [-0.1, -0.05) is 52.9 Å². The average molecular weight is 284 g/mol. The standard InChI is InChI=1S/C16H28O4/c1-4-7-9-12(6-3)11-14(16(19)20)13(15(17)18)10-8-5-2/h12H,4-11H2,1-3H3,(H,17,18)(H,19,20). The molecule has 116 valence electrons. The van der Waals surface area contributed by atoms with Crippen molar-refractivity contribution in [2.45, 2.75) is 72.1 Å². The van der Waals surface area contributed by atoms with E-state index >= 15 is 0 Å². The van der Waals surface area contributed by atoms with E-state index in [1.807, 2.05) is 13.8 Å². The van der Waals surface area contributed by atoms with Crippen LogP contribution in [0, 0.1) is 5.92 Å². The molecule has 0 spiro atoms. The van der Waals surface area contributed by atoms with Crippen LogP contribution in [0.4, 0.5) is 0 Å². The van der Waals surface area contributed by atoms with E-state index in [1.165, 1.54) is 0 Å². The predicted octanol–water partition coefficient (Wildman–Crippen LogP) is 4.25. The van der Waals surface area contributed by atoms with Gasteiger partial charge >= 0.3 is 11.9 Å². The van der Waals surface area contributed by atoms with E-state index in [0.29, 0.717) is 19.3 Å². The van der Waals surface area contributed by atoms with Gasteiger partial charge < -0.3 is 10.2 Å². The minimum Gasteiger partial charge on any atom is -0.478 e. The van der Waals surface area contributed by atoms with Crippen LogP contribution in [-0.4, -0.2) is 22.2 Å². The Balaban J connectivity index is 5.14. The van der Waals surface area contributed by atoms with Crippen LogP contribution in [0.5, 0.6) is 0 Å². The van der Waals surface area contributed by atoms with Crippen LogP contribution in [-0.2, 0) is 9.59 Å². The Morgan fingerprint density at radius 1 is 0.900 bits per heavy atom. The molecule has 0 saturated heterocycles. The summed E-state index contributed by atoms with van der Waals surface area (Å²) >= 11 is 0. The highest BCUT2D eigenvalue weighted by Gasteiger charge is 2.22. The second-order valence-corrected chi connectivity index (χ2v) is 5.29. The Morgan fingerprint density at radius 2 is 1.45 bits per heavy atom. The molecule has 1 atom stereocenters. The molecule has 0 amide bonds. The molecule has 4 nitrogen and oxygen atoms in total. The molecule has 0 radical (unpaired) electrons. The van der Waals surface area contributed by atoms with Crippen molar-refractivity contribution in [2.24, 2.45) is 5.92 Å². The monoisotopic (exact) mass is 284 g/mol. The third-order valence-electron chi connectivity index (χ3n) is 3.70. The molecule has 4 heteroatoms. The lowest BCUT2D eigenvalue weighted by atomic mass is 9.88. The van der Waals surface area contributed by atoms with Gasteiger partial charge in [0, 0.05) is 11.1 Å². The van der Waals surface area contributed by atoms with Crippen LogP contribution in [0.25, 0.3) is 0 Å². The predicted molar refractivity (Wildman–Crippen MR) is 79.7 cm³/mol. The molecule has 0 heterocycles. The molecule has 0 aliphatic heterocycles. The Bertz CT molecular complexity index is 344. The quantitative estimate of drug-likeness (QED) is 0.556. The molecule has 0 rings (SSSR count). The van der Waals surface area contributed by atoms with Gasteiger partial charge in [-0.05, 0) is 25.2 Å². The van der Waals surface area contributed by atoms with E-state index in [9.17, 15) is 19.8 Å². The van der Waals surface area contributed by atoms with E-state index in [-0.39, 0.29) is 17.1 Å². The zero-order valence-corrected chi connectivity index (χ0v) is 12.9. The zero-order valence-electron chi connectivity index (χ0n) is 12.9. The molecule has 0 aromatic rings. The largest absolute Gasteiger partial charge is 0.478 e. The summed E-state index contributed by atoms with van der Waals surface area (Å²) in [5.41, 5.74) is 0.197. The molecular weight excluding hydrogens is 256 g/mol. The van der Waals surface area contributed by atoms with E-state index in [0.717, 1.165) is 32.1 Å². The van der Waals surface area contributed by atoms with Crippen LogP contribution in [0.2, 0.25) is 0 Å². The van der Waals surface area contributed by atoms with Gasteiger partial charge in [0.2, 0.25) is 0 Å². The normalized spacial score (nSPS) is 13.8. The minimum atomic E-state index is -1.08. The van der Waals surface area contributed by atoms with Crippen molar-refractivity contribution in [1.82, 2.24) is 0 Å². The summed E-state index contributed by atoms with van der Waals surface area (Å²) in [5.74, 6) is -1.90. The number of carboxylic acids is 2. The fraction of sp³-hybridized carbons (Fsp3) is 0.750. The first-order valence-electron chi connectivity index (χ1n) is 7.66. The second-order valence-electron chi connectivity index (χ2n) is 5.29. The molecule has 0 aromatic carbocycles. The summed E-state index contributed by atoms with van der Waals surface area (Å²) in [6.45, 7) is 6.10. The van der Waals surface area contributed by atoms with Crippen molar-refractivity contribution >= 4 is 11.9 Å². The van der Waals surface area contributed by atoms with Crippen LogP contribution in [0.1, 0.15) is 72.1 Å². The first-order valence-corrected chi connectivity index (χ1v) is 7.66. The molecule has 0 saturated carbocycles. The highest BCUT2D eigenvalue weighted by molar-refractivity contribution is 5.98. The topological polar surface area (TPSA) is 74.6 Å². The summed E-state index contributed by atoms with van der Waals surface area (Å²) in [6.07, 6.45) is 6.27. The second kappa shape index (κ2) is 10.5. The van der Waals surface area contributed by atoms with Gasteiger partial charge in [0.05, 0.1) is 0 Å². The first kappa shape index (κ1) is 18.7. The molecule has 1 unspecified atom stereocenters. The molecule has 0 fully saturated rings. The van der Waals surface area contributed by atoms with Crippen LogP contribution in [0.3, 0.4) is 0 Å². The number of carboxylic acid groups (broad SMARTS) is 2. The summed E-state index contributed by atoms with van der Waals surface area (Å²) < 4.78 is 0. The van der Waals surface area contributed by atoms with Crippen molar-refractivity contribution < 1.29 is 19.8 Å². The van der Waals surface area contributed by atoms with Crippen LogP contribution in [0.15, 0.2) is 11.1 Å². The lowest BCUT2D eigenvalue weighted by molar-refractivity contribution is -0.136. The van der Waals surface area contributed by atoms with Gasteiger partial charge in [0.1, 0.15) is 0 Å². The fourth-order valence-corrected chi connectivity index (χ4v) is 2.31. The summed E-state index contributed by atoms with van der Waals surface area (Å²) in [5, 5.41) is 18.6. The number of unbranched alkanes of at least 4 members (excludes halogenated alkanes) is 2. The van der Waals surface area contributed by atoms with Crippen molar-refractivity contribution in [3.63, 3.8) is 0 Å². The van der Waals surface area contributed by atoms with E-state index in [1.54, 1.807) is 0 Å². The molecule has 0 aromatic heterocycles. The molecule has 0 aliphatic carbocycles. The highest BCUT2D eigenvalue weighted by Crippen LogP contribution is 2.25. The Labute approximate surface area is 121 Å². The smallest absolute Gasteiger partial charge is 0.332 e. The first-order chi connectivity index (χ1) is 9.47. The van der Waals surface area contributed by atoms with Crippen molar-refractivity contribution in [1.29, 1.82) is 0 Å². The third-order valence-corrected chi connectivity index (χ3v) is 3.70. The van der Waals surface area contributed by atoms with E-state index in [4.69, 9.17) is 0 Å². The van der Waals surface area contributed by atoms with Crippen molar-refractivity contribution in [3.8, 4) is 0 Å². The number of hydrogen-bond donors (Lipinski definition) is 2. The lowest BCUT2D eigenvalue weighted by Crippen LogP contribution is -2.15. The minimum absolute atomic E-state index is 0.0919. The Hall–Kier alpha value is -1.32. The summed E-state index contributed by atoms with van der Waals surface area (Å²) in [4.78, 5) is 22.7. The van der Waals surface area contributed by atoms with Gasteiger partial charge in [0.15, 0.2) is 0 Å². The van der Waals surface area contributed by atoms with Crippen molar-refractivity contribution in [3.05, 3.63) is 11.1 Å². The number of aliphatic carboxylic acids is 2. The van der Waals surface area contributed by atoms with E-state index < -0.39 is 11.9 Å². The van der Waals surface area contributed by atoms with Crippen LogP contribution < -0.4 is 0 Å². The maximum atomic E-state index is 11.4. The summed E-state index contributed by atoms with van der Waals surface area (Å²) in [7, 11) is 0. The van der Waals surface area contributed by atoms with Crippen LogP contribution >= 0.6 is 0 Å². The van der Waals surface area contributed by atoms with Gasteiger partial charge in [0.25, 0.3) is 0 Å². The van der Waals surface area contributed by atoms with Gasteiger partial charge in [-0.25, -0.2) is 9.59 Å². The maximum absolute atomic E-state index is 11.4. The Morgan fingerprint density at radius 3 is 1.85 bits per heavy atom. The molecule has 0 aliphatic rings. The molecule has 20 heavy (non-hydrogen) atoms. The molecule has 0 bridgehead atoms.